The topological polar surface area (TPSA) is 40.5 Å². The smallest absolute Gasteiger partial charge is 0.453 e. The van der Waals surface area contributed by atoms with Gasteiger partial charge in [0, 0.05) is 18.3 Å². The highest BCUT2D eigenvalue weighted by molar-refractivity contribution is 7.99. The van der Waals surface area contributed by atoms with Crippen molar-refractivity contribution >= 4 is 17.5 Å². The SMILES string of the molecule is CN(CCCCCC1Cc2cc(O)ccc2C2CC[C@@]3(C)C(CC(=O)C34CC4)C12)CCCSCCCC(F)(F)C(F)(F)F. The summed E-state index contributed by atoms with van der Waals surface area (Å²) in [4.78, 5) is 15.5. The Labute approximate surface area is 257 Å². The quantitative estimate of drug-likeness (QED) is 0.165. The second-order valence-electron chi connectivity index (χ2n) is 14.2. The Hall–Kier alpha value is -1.35. The Morgan fingerprint density at radius 1 is 0.977 bits per heavy atom. The van der Waals surface area contributed by atoms with Crippen molar-refractivity contribution in [3.05, 3.63) is 29.3 Å². The van der Waals surface area contributed by atoms with Crippen LogP contribution in [0.3, 0.4) is 0 Å². The van der Waals surface area contributed by atoms with Crippen LogP contribution in [0, 0.1) is 28.6 Å². The molecular formula is C34H48F5NO2S. The van der Waals surface area contributed by atoms with Gasteiger partial charge in [0.25, 0.3) is 0 Å². The van der Waals surface area contributed by atoms with Gasteiger partial charge in [0.2, 0.25) is 0 Å². The number of hydrogen-bond donors (Lipinski definition) is 1. The minimum atomic E-state index is -5.46. The maximum atomic E-state index is 13.3. The van der Waals surface area contributed by atoms with Crippen LogP contribution in [-0.2, 0) is 11.2 Å². The molecule has 0 heterocycles. The molecule has 4 aliphatic carbocycles. The van der Waals surface area contributed by atoms with Gasteiger partial charge in [0.05, 0.1) is 0 Å². The van der Waals surface area contributed by atoms with Gasteiger partial charge in [0.15, 0.2) is 0 Å². The van der Waals surface area contributed by atoms with Crippen LogP contribution in [0.25, 0.3) is 0 Å². The number of thioether (sulfide) groups is 1. The van der Waals surface area contributed by atoms with Gasteiger partial charge in [-0.2, -0.15) is 33.7 Å². The first-order valence-electron chi connectivity index (χ1n) is 16.3. The van der Waals surface area contributed by atoms with Crippen LogP contribution in [0.15, 0.2) is 18.2 Å². The van der Waals surface area contributed by atoms with Crippen LogP contribution in [0.4, 0.5) is 22.0 Å². The van der Waals surface area contributed by atoms with Gasteiger partial charge < -0.3 is 10.0 Å². The highest BCUT2D eigenvalue weighted by atomic mass is 32.2. The fourth-order valence-corrected chi connectivity index (χ4v) is 10.1. The summed E-state index contributed by atoms with van der Waals surface area (Å²) in [5.41, 5.74) is 2.82. The third kappa shape index (κ3) is 6.64. The van der Waals surface area contributed by atoms with Crippen LogP contribution < -0.4 is 0 Å². The van der Waals surface area contributed by atoms with Gasteiger partial charge in [-0.15, -0.1) is 0 Å². The van der Waals surface area contributed by atoms with Crippen LogP contribution in [0.2, 0.25) is 0 Å². The number of phenols is 1. The summed E-state index contributed by atoms with van der Waals surface area (Å²) in [7, 11) is 2.08. The molecule has 4 aliphatic rings. The molecule has 0 radical (unpaired) electrons. The van der Waals surface area contributed by atoms with Gasteiger partial charge in [-0.05, 0) is 142 Å². The first-order chi connectivity index (χ1) is 20.3. The Balaban J connectivity index is 1.05. The number of phenolic OH excluding ortho intramolecular Hbond substituents is 1. The summed E-state index contributed by atoms with van der Waals surface area (Å²) in [6.45, 7) is 4.29. The van der Waals surface area contributed by atoms with E-state index in [4.69, 9.17) is 0 Å². The number of carbonyl (C=O) groups is 1. The first kappa shape index (κ1) is 33.0. The van der Waals surface area contributed by atoms with Gasteiger partial charge in [0.1, 0.15) is 11.5 Å². The molecule has 0 aromatic heterocycles. The number of Topliss-reactive ketones (excluding diaryl/α,β-unsaturated/α-hetero) is 1. The van der Waals surface area contributed by atoms with Gasteiger partial charge in [-0.25, -0.2) is 0 Å². The summed E-state index contributed by atoms with van der Waals surface area (Å²) in [6, 6.07) is 5.95. The van der Waals surface area contributed by atoms with Crippen molar-refractivity contribution in [2.45, 2.75) is 108 Å². The summed E-state index contributed by atoms with van der Waals surface area (Å²) in [5.74, 6) is -0.612. The molecule has 1 N–H and O–H groups in total. The molecule has 43 heavy (non-hydrogen) atoms. The number of hydrogen-bond acceptors (Lipinski definition) is 4. The zero-order valence-electron chi connectivity index (χ0n) is 25.7. The van der Waals surface area contributed by atoms with E-state index in [2.05, 4.69) is 24.9 Å². The molecule has 0 aliphatic heterocycles. The third-order valence-electron chi connectivity index (χ3n) is 11.7. The van der Waals surface area contributed by atoms with Gasteiger partial charge in [-0.1, -0.05) is 25.8 Å². The van der Waals surface area contributed by atoms with E-state index in [9.17, 15) is 31.9 Å². The zero-order chi connectivity index (χ0) is 31.0. The molecular weight excluding hydrogens is 581 g/mol. The predicted molar refractivity (Wildman–Crippen MR) is 162 cm³/mol. The van der Waals surface area contributed by atoms with E-state index >= 15 is 0 Å². The lowest BCUT2D eigenvalue weighted by Crippen LogP contribution is -2.46. The number of alkyl halides is 5. The van der Waals surface area contributed by atoms with Gasteiger partial charge >= 0.3 is 12.1 Å². The molecule has 1 aromatic carbocycles. The lowest BCUT2D eigenvalue weighted by Gasteiger charge is -2.53. The van der Waals surface area contributed by atoms with Crippen molar-refractivity contribution in [1.82, 2.24) is 4.90 Å². The Kier molecular flexibility index (Phi) is 9.83. The maximum Gasteiger partial charge on any atom is 0.453 e. The van der Waals surface area contributed by atoms with Crippen molar-refractivity contribution in [3.63, 3.8) is 0 Å². The monoisotopic (exact) mass is 629 g/mol. The fourth-order valence-electron chi connectivity index (χ4n) is 9.20. The predicted octanol–water partition coefficient (Wildman–Crippen LogP) is 9.03. The number of aromatic hydroxyl groups is 1. The minimum Gasteiger partial charge on any atom is -0.508 e. The number of nitrogens with zero attached hydrogens (tertiary/aromatic N) is 1. The van der Waals surface area contributed by atoms with E-state index in [1.54, 1.807) is 0 Å². The molecule has 1 spiro atoms. The highest BCUT2D eigenvalue weighted by Crippen LogP contribution is 2.75. The normalized spacial score (nSPS) is 29.5. The van der Waals surface area contributed by atoms with Crippen molar-refractivity contribution in [2.24, 2.45) is 28.6 Å². The Morgan fingerprint density at radius 2 is 1.70 bits per heavy atom. The number of unbranched alkanes of at least 4 members (excludes halogenated alkanes) is 2. The van der Waals surface area contributed by atoms with E-state index in [1.165, 1.54) is 22.9 Å². The molecule has 3 fully saturated rings. The minimum absolute atomic E-state index is 0.0344. The molecule has 0 amide bonds. The largest absolute Gasteiger partial charge is 0.508 e. The maximum absolute atomic E-state index is 13.3. The number of benzene rings is 1. The van der Waals surface area contributed by atoms with Crippen LogP contribution >= 0.6 is 11.8 Å². The average Bonchev–Trinajstić information content (AvgIpc) is 3.72. The van der Waals surface area contributed by atoms with E-state index in [0.717, 1.165) is 89.5 Å². The summed E-state index contributed by atoms with van der Waals surface area (Å²) >= 11 is 1.45. The molecule has 3 saturated carbocycles. The first-order valence-corrected chi connectivity index (χ1v) is 17.5. The molecule has 242 valence electrons. The molecule has 1 aromatic rings. The zero-order valence-corrected chi connectivity index (χ0v) is 26.5. The van der Waals surface area contributed by atoms with E-state index in [1.807, 2.05) is 12.1 Å². The van der Waals surface area contributed by atoms with E-state index in [-0.39, 0.29) is 17.3 Å². The van der Waals surface area contributed by atoms with Gasteiger partial charge in [-0.3, -0.25) is 4.79 Å². The molecule has 0 saturated heterocycles. The third-order valence-corrected chi connectivity index (χ3v) is 12.8. The molecule has 0 bridgehead atoms. The lowest BCUT2D eigenvalue weighted by atomic mass is 9.50. The van der Waals surface area contributed by atoms with E-state index in [0.29, 0.717) is 41.0 Å². The van der Waals surface area contributed by atoms with Crippen molar-refractivity contribution in [2.75, 3.05) is 31.6 Å². The number of fused-ring (bicyclic) bond motifs is 6. The number of halogens is 5. The van der Waals surface area contributed by atoms with Crippen LogP contribution in [0.5, 0.6) is 5.75 Å². The summed E-state index contributed by atoms with van der Waals surface area (Å²) in [6.07, 6.45) is 4.87. The fraction of sp³-hybridized carbons (Fsp3) is 0.794. The van der Waals surface area contributed by atoms with E-state index < -0.39 is 18.5 Å². The van der Waals surface area contributed by atoms with Crippen LogP contribution in [-0.4, -0.2) is 59.5 Å². The average molecular weight is 630 g/mol. The number of ketones is 1. The Bertz CT molecular complexity index is 1140. The number of rotatable bonds is 14. The molecule has 3 nitrogen and oxygen atoms in total. The van der Waals surface area contributed by atoms with Crippen molar-refractivity contribution in [3.8, 4) is 5.75 Å². The molecule has 5 atom stereocenters. The van der Waals surface area contributed by atoms with Crippen LogP contribution in [0.1, 0.15) is 101 Å². The van der Waals surface area contributed by atoms with Crippen molar-refractivity contribution < 1.29 is 31.9 Å². The number of carbonyl (C=O) groups excluding carboxylic acids is 1. The summed E-state index contributed by atoms with van der Waals surface area (Å²) in [5, 5.41) is 10.2. The molecule has 5 rings (SSSR count). The highest BCUT2D eigenvalue weighted by Gasteiger charge is 2.71. The Morgan fingerprint density at radius 3 is 2.42 bits per heavy atom. The molecule has 9 heteroatoms. The second-order valence-corrected chi connectivity index (χ2v) is 15.5. The molecule has 4 unspecified atom stereocenters. The lowest BCUT2D eigenvalue weighted by molar-refractivity contribution is -0.284. The second kappa shape index (κ2) is 12.8. The standard InChI is InChI=1S/C34H48F5NO2S/c1-31-13-11-27-26-10-9-25(41)21-24(26)20-23(30(27)28(31)22-29(42)32(31)14-15-32)8-4-3-5-16-40(2)17-7-19-43-18-6-12-33(35,36)34(37,38)39/h9-10,21,23,27-28,30,41H,3-8,11-20,22H2,1-2H3/t23?,27?,28?,30?,31-/m0/s1. The van der Waals surface area contributed by atoms with Crippen molar-refractivity contribution in [1.29, 1.82) is 0 Å². The summed E-state index contributed by atoms with van der Waals surface area (Å²) < 4.78 is 62.7.